The number of carbonyl (C=O) groups is 3. The van der Waals surface area contributed by atoms with E-state index in [1.54, 1.807) is 31.4 Å². The molecule has 242 valence electrons. The summed E-state index contributed by atoms with van der Waals surface area (Å²) in [5.74, 6) is 0.329. The summed E-state index contributed by atoms with van der Waals surface area (Å²) in [6, 6.07) is 18.9. The third-order valence-corrected chi connectivity index (χ3v) is 9.98. The number of nitrogens with zero attached hydrogens (tertiary/aromatic N) is 1. The Labute approximate surface area is 273 Å². The van der Waals surface area contributed by atoms with Crippen LogP contribution in [0.2, 0.25) is 0 Å². The number of para-hydroxylation sites is 1. The summed E-state index contributed by atoms with van der Waals surface area (Å²) >= 11 is 0. The van der Waals surface area contributed by atoms with Crippen molar-refractivity contribution >= 4 is 40.4 Å². The van der Waals surface area contributed by atoms with E-state index >= 15 is 0 Å². The number of methoxy groups -OCH3 is 1. The average molecular weight is 634 g/mol. The number of ether oxygens (including phenoxy) is 2. The maximum absolute atomic E-state index is 13.9. The molecular weight excluding hydrogens is 594 g/mol. The molecule has 9 nitrogen and oxygen atoms in total. The Balaban J connectivity index is 1.20. The van der Waals surface area contributed by atoms with Gasteiger partial charge in [0.1, 0.15) is 12.1 Å². The van der Waals surface area contributed by atoms with E-state index < -0.39 is 11.5 Å². The molecule has 3 N–H and O–H groups in total. The lowest BCUT2D eigenvalue weighted by Crippen LogP contribution is -2.61. The summed E-state index contributed by atoms with van der Waals surface area (Å²) < 4.78 is 14.3. The predicted octanol–water partition coefficient (Wildman–Crippen LogP) is 7.15. The fraction of sp³-hybridized carbons (Fsp3) is 0.342. The highest BCUT2D eigenvalue weighted by molar-refractivity contribution is 6.06. The van der Waals surface area contributed by atoms with Gasteiger partial charge < -0.3 is 29.8 Å². The van der Waals surface area contributed by atoms with Gasteiger partial charge in [-0.2, -0.15) is 0 Å². The van der Waals surface area contributed by atoms with E-state index in [0.717, 1.165) is 53.2 Å². The number of aromatic nitrogens is 1. The molecule has 1 aliphatic heterocycles. The summed E-state index contributed by atoms with van der Waals surface area (Å²) in [7, 11) is 1.67. The van der Waals surface area contributed by atoms with Crippen molar-refractivity contribution in [1.82, 2.24) is 9.88 Å². The summed E-state index contributed by atoms with van der Waals surface area (Å²) in [5.41, 5.74) is 5.28. The van der Waals surface area contributed by atoms with Crippen LogP contribution in [0.5, 0.6) is 11.5 Å². The van der Waals surface area contributed by atoms with Crippen LogP contribution in [0.4, 0.5) is 5.69 Å². The molecule has 7 rings (SSSR count). The van der Waals surface area contributed by atoms with Gasteiger partial charge in [0.15, 0.2) is 11.5 Å². The molecule has 3 aliphatic rings. The molecule has 47 heavy (non-hydrogen) atoms. The lowest BCUT2D eigenvalue weighted by atomic mass is 9.75. The van der Waals surface area contributed by atoms with Crippen LogP contribution in [0.15, 0.2) is 66.7 Å². The maximum atomic E-state index is 13.9. The van der Waals surface area contributed by atoms with Gasteiger partial charge in [0, 0.05) is 33.8 Å². The van der Waals surface area contributed by atoms with Crippen LogP contribution >= 0.6 is 0 Å². The monoisotopic (exact) mass is 633 g/mol. The number of nitrogens with one attached hydrogen (secondary N) is 2. The first-order chi connectivity index (χ1) is 22.9. The number of hydrogen-bond donors (Lipinski definition) is 3. The molecule has 2 aliphatic carbocycles. The van der Waals surface area contributed by atoms with Gasteiger partial charge in [-0.15, -0.1) is 0 Å². The van der Waals surface area contributed by atoms with Crippen LogP contribution in [-0.4, -0.2) is 46.7 Å². The van der Waals surface area contributed by atoms with Crippen LogP contribution in [0.3, 0.4) is 0 Å². The first-order valence-electron chi connectivity index (χ1n) is 16.5. The van der Waals surface area contributed by atoms with Crippen LogP contribution < -0.4 is 20.1 Å². The second-order valence-electron chi connectivity index (χ2n) is 12.8. The van der Waals surface area contributed by atoms with Crippen LogP contribution in [0.25, 0.3) is 28.2 Å². The van der Waals surface area contributed by atoms with Gasteiger partial charge in [-0.1, -0.05) is 43.5 Å². The Bertz CT molecular complexity index is 1880. The summed E-state index contributed by atoms with van der Waals surface area (Å²) in [5, 5.41) is 16.1. The van der Waals surface area contributed by atoms with Crippen molar-refractivity contribution in [3.63, 3.8) is 0 Å². The number of aliphatic carboxylic acids is 1. The largest absolute Gasteiger partial charge is 0.493 e. The molecule has 0 bridgehead atoms. The number of carboxylic acid groups (broad SMARTS) is 1. The fourth-order valence-corrected chi connectivity index (χ4v) is 7.42. The highest BCUT2D eigenvalue weighted by Gasteiger charge is 2.45. The summed E-state index contributed by atoms with van der Waals surface area (Å²) in [4.78, 5) is 38.2. The van der Waals surface area contributed by atoms with Gasteiger partial charge in [0.2, 0.25) is 5.91 Å². The standard InChI is InChI=1S/C38H39N3O6/c1-46-31-10-5-9-29-34-33(25-7-3-2-4-8-25)28-17-14-26(23-30(28)41(34)21-22-47-35(29)31)36(44)40-38(19-6-20-38)37(45)39-27-15-11-24(12-16-27)13-18-32(42)43/h5,9-18,23,25H,2-4,6-8,19-22H2,1H3,(H,39,45)(H,40,44)(H,42,43)/b18-13+. The van der Waals surface area contributed by atoms with E-state index in [2.05, 4.69) is 27.3 Å². The molecule has 0 saturated heterocycles. The predicted molar refractivity (Wildman–Crippen MR) is 181 cm³/mol. The SMILES string of the molecule is COc1cccc2c1OCCn1c-2c(C2CCCCC2)c2ccc(C(=O)NC3(C(=O)Nc4ccc(/C=C/C(=O)O)cc4)CCC3)cc21. The minimum atomic E-state index is -1.03. The molecule has 2 saturated carbocycles. The number of carboxylic acids is 1. The second-order valence-corrected chi connectivity index (χ2v) is 12.8. The van der Waals surface area contributed by atoms with E-state index in [1.807, 2.05) is 24.3 Å². The zero-order chi connectivity index (χ0) is 32.5. The first-order valence-corrected chi connectivity index (χ1v) is 16.5. The lowest BCUT2D eigenvalue weighted by molar-refractivity contribution is -0.131. The number of benzene rings is 3. The Morgan fingerprint density at radius 2 is 1.79 bits per heavy atom. The Morgan fingerprint density at radius 1 is 1.00 bits per heavy atom. The number of carbonyl (C=O) groups excluding carboxylic acids is 2. The highest BCUT2D eigenvalue weighted by atomic mass is 16.5. The topological polar surface area (TPSA) is 119 Å². The Kier molecular flexibility index (Phi) is 8.22. The van der Waals surface area contributed by atoms with Crippen molar-refractivity contribution in [2.75, 3.05) is 19.0 Å². The molecule has 2 fully saturated rings. The lowest BCUT2D eigenvalue weighted by Gasteiger charge is -2.40. The third kappa shape index (κ3) is 5.75. The average Bonchev–Trinajstić information content (AvgIpc) is 3.26. The summed E-state index contributed by atoms with van der Waals surface area (Å²) in [6.07, 6.45) is 10.4. The van der Waals surface area contributed by atoms with E-state index in [4.69, 9.17) is 14.6 Å². The number of rotatable bonds is 8. The van der Waals surface area contributed by atoms with Gasteiger partial charge in [-0.25, -0.2) is 4.79 Å². The molecule has 4 aromatic rings. The van der Waals surface area contributed by atoms with E-state index in [0.29, 0.717) is 54.5 Å². The number of amides is 2. The molecule has 2 heterocycles. The highest BCUT2D eigenvalue weighted by Crippen LogP contribution is 2.49. The smallest absolute Gasteiger partial charge is 0.328 e. The Hall–Kier alpha value is -5.05. The van der Waals surface area contributed by atoms with Gasteiger partial charge in [0.25, 0.3) is 5.91 Å². The summed E-state index contributed by atoms with van der Waals surface area (Å²) in [6.45, 7) is 1.11. The second kappa shape index (κ2) is 12.6. The molecule has 1 aromatic heterocycles. The van der Waals surface area contributed by atoms with Crippen LogP contribution in [0, 0.1) is 0 Å². The van der Waals surface area contributed by atoms with Crippen LogP contribution in [-0.2, 0) is 16.1 Å². The number of fused-ring (bicyclic) bond motifs is 5. The number of anilines is 1. The van der Waals surface area contributed by atoms with E-state index in [9.17, 15) is 14.4 Å². The van der Waals surface area contributed by atoms with Crippen molar-refractivity contribution in [3.05, 3.63) is 83.4 Å². The van der Waals surface area contributed by atoms with E-state index in [-0.39, 0.29) is 11.8 Å². The van der Waals surface area contributed by atoms with Crippen molar-refractivity contribution in [2.45, 2.75) is 69.4 Å². The zero-order valence-corrected chi connectivity index (χ0v) is 26.5. The van der Waals surface area contributed by atoms with E-state index in [1.165, 1.54) is 30.9 Å². The van der Waals surface area contributed by atoms with Crippen molar-refractivity contribution in [3.8, 4) is 22.8 Å². The number of hydrogen-bond acceptors (Lipinski definition) is 5. The minimum Gasteiger partial charge on any atom is -0.493 e. The molecule has 9 heteroatoms. The van der Waals surface area contributed by atoms with Gasteiger partial charge in [-0.3, -0.25) is 9.59 Å². The first kappa shape index (κ1) is 30.6. The maximum Gasteiger partial charge on any atom is 0.328 e. The van der Waals surface area contributed by atoms with Crippen molar-refractivity contribution in [2.24, 2.45) is 0 Å². The fourth-order valence-electron chi connectivity index (χ4n) is 7.42. The van der Waals surface area contributed by atoms with Crippen molar-refractivity contribution in [1.29, 1.82) is 0 Å². The molecule has 3 aromatic carbocycles. The third-order valence-electron chi connectivity index (χ3n) is 9.98. The minimum absolute atomic E-state index is 0.258. The zero-order valence-electron chi connectivity index (χ0n) is 26.5. The van der Waals surface area contributed by atoms with Crippen molar-refractivity contribution < 1.29 is 29.0 Å². The molecule has 0 unspecified atom stereocenters. The van der Waals surface area contributed by atoms with Gasteiger partial charge in [0.05, 0.1) is 19.3 Å². The molecule has 0 radical (unpaired) electrons. The molecular formula is C38H39N3O6. The molecule has 0 spiro atoms. The Morgan fingerprint density at radius 3 is 2.49 bits per heavy atom. The van der Waals surface area contributed by atoms with Gasteiger partial charge in [-0.05, 0) is 91.6 Å². The normalized spacial score (nSPS) is 17.1. The molecule has 2 amide bonds. The quantitative estimate of drug-likeness (QED) is 0.178. The van der Waals surface area contributed by atoms with Gasteiger partial charge >= 0.3 is 5.97 Å². The molecule has 0 atom stereocenters. The van der Waals surface area contributed by atoms with Crippen LogP contribution in [0.1, 0.15) is 78.8 Å².